The molecule has 1 fully saturated rings. The number of anilines is 2. The summed E-state index contributed by atoms with van der Waals surface area (Å²) in [6.07, 6.45) is 3.56. The summed E-state index contributed by atoms with van der Waals surface area (Å²) in [5.74, 6) is -0.436. The summed E-state index contributed by atoms with van der Waals surface area (Å²) < 4.78 is 42.7. The van der Waals surface area contributed by atoms with Crippen LogP contribution in [0.25, 0.3) is 6.08 Å². The number of para-hydroxylation sites is 2. The van der Waals surface area contributed by atoms with Crippen molar-refractivity contribution in [1.82, 2.24) is 4.90 Å². The number of nitrogens with zero attached hydrogens (tertiary/aromatic N) is 3. The molecular formula is C27H27FN4O3S. The van der Waals surface area contributed by atoms with Crippen LogP contribution in [-0.2, 0) is 10.0 Å². The van der Waals surface area contributed by atoms with Gasteiger partial charge in [-0.2, -0.15) is 0 Å². The van der Waals surface area contributed by atoms with Crippen LogP contribution in [0.5, 0.6) is 0 Å². The zero-order valence-electron chi connectivity index (χ0n) is 19.9. The molecule has 3 aromatic rings. The van der Waals surface area contributed by atoms with Crippen LogP contribution in [-0.4, -0.2) is 52.1 Å². The van der Waals surface area contributed by atoms with Gasteiger partial charge in [-0.1, -0.05) is 36.4 Å². The molecule has 0 bridgehead atoms. The zero-order valence-corrected chi connectivity index (χ0v) is 20.7. The molecule has 0 aliphatic carbocycles. The molecule has 186 valence electrons. The molecule has 3 aromatic carbocycles. The number of hydrogen-bond acceptors (Lipinski definition) is 5. The highest BCUT2D eigenvalue weighted by Crippen LogP contribution is 2.31. The van der Waals surface area contributed by atoms with Gasteiger partial charge in [0.2, 0.25) is 0 Å². The van der Waals surface area contributed by atoms with E-state index in [4.69, 9.17) is 0 Å². The van der Waals surface area contributed by atoms with Crippen LogP contribution < -0.4 is 9.62 Å². The van der Waals surface area contributed by atoms with E-state index in [0.29, 0.717) is 48.7 Å². The molecule has 0 atom stereocenters. The molecule has 1 N–H and O–H groups in total. The van der Waals surface area contributed by atoms with Crippen LogP contribution in [0, 0.1) is 5.82 Å². The highest BCUT2D eigenvalue weighted by molar-refractivity contribution is 7.92. The summed E-state index contributed by atoms with van der Waals surface area (Å²) >= 11 is 0. The fourth-order valence-corrected chi connectivity index (χ4v) is 5.42. The van der Waals surface area contributed by atoms with Crippen molar-refractivity contribution in [1.29, 1.82) is 0 Å². The second-order valence-electron chi connectivity index (χ2n) is 8.27. The standard InChI is InChI=1S/C27H27FN4O3S/c1-3-7-20-8-6-11-25(26(20)29-2)36(34,35)30-22-14-12-21(13-15-22)27(33)32-18-16-31(17-19-32)24-10-5-4-9-23(24)28/h3-15,30H,2,16-19H2,1H3/b7-3-. The molecule has 1 saturated heterocycles. The Hall–Kier alpha value is -3.98. The van der Waals surface area contributed by atoms with Gasteiger partial charge in [0.15, 0.2) is 0 Å². The maximum atomic E-state index is 14.1. The third-order valence-electron chi connectivity index (χ3n) is 5.97. The summed E-state index contributed by atoms with van der Waals surface area (Å²) in [4.78, 5) is 20.6. The summed E-state index contributed by atoms with van der Waals surface area (Å²) in [5, 5.41) is 0. The first kappa shape index (κ1) is 25.1. The van der Waals surface area contributed by atoms with E-state index in [0.717, 1.165) is 0 Å². The van der Waals surface area contributed by atoms with Gasteiger partial charge in [0, 0.05) is 43.0 Å². The number of nitrogens with one attached hydrogen (secondary N) is 1. The molecule has 4 rings (SSSR count). The van der Waals surface area contributed by atoms with E-state index in [1.807, 2.05) is 11.8 Å². The average Bonchev–Trinajstić information content (AvgIpc) is 2.89. The van der Waals surface area contributed by atoms with E-state index in [1.54, 1.807) is 71.6 Å². The fourth-order valence-electron chi connectivity index (χ4n) is 4.17. The lowest BCUT2D eigenvalue weighted by atomic mass is 10.1. The SMILES string of the molecule is C=Nc1c(/C=C\C)cccc1S(=O)(=O)Nc1ccc(C(=O)N2CCN(c3ccccc3F)CC2)cc1. The van der Waals surface area contributed by atoms with E-state index in [-0.39, 0.29) is 22.3 Å². The topological polar surface area (TPSA) is 82.1 Å². The predicted octanol–water partition coefficient (Wildman–Crippen LogP) is 4.95. The van der Waals surface area contributed by atoms with E-state index in [9.17, 15) is 17.6 Å². The van der Waals surface area contributed by atoms with Crippen LogP contribution in [0.1, 0.15) is 22.8 Å². The van der Waals surface area contributed by atoms with Crippen LogP contribution in [0.3, 0.4) is 0 Å². The first-order valence-electron chi connectivity index (χ1n) is 11.5. The van der Waals surface area contributed by atoms with Gasteiger partial charge in [0.25, 0.3) is 15.9 Å². The lowest BCUT2D eigenvalue weighted by Crippen LogP contribution is -2.49. The molecule has 0 saturated carbocycles. The quantitative estimate of drug-likeness (QED) is 0.460. The Bertz CT molecular complexity index is 1400. The first-order valence-corrected chi connectivity index (χ1v) is 13.0. The molecule has 0 aromatic heterocycles. The van der Waals surface area contributed by atoms with Crippen molar-refractivity contribution in [2.75, 3.05) is 35.8 Å². The number of halogens is 1. The molecule has 0 spiro atoms. The molecule has 36 heavy (non-hydrogen) atoms. The third kappa shape index (κ3) is 5.31. The van der Waals surface area contributed by atoms with Crippen LogP contribution >= 0.6 is 0 Å². The van der Waals surface area contributed by atoms with E-state index in [2.05, 4.69) is 16.4 Å². The van der Waals surface area contributed by atoms with Crippen molar-refractivity contribution in [3.63, 3.8) is 0 Å². The lowest BCUT2D eigenvalue weighted by Gasteiger charge is -2.36. The lowest BCUT2D eigenvalue weighted by molar-refractivity contribution is 0.0746. The number of rotatable bonds is 7. The van der Waals surface area contributed by atoms with Gasteiger partial charge in [0.1, 0.15) is 10.7 Å². The Morgan fingerprint density at radius 1 is 1.00 bits per heavy atom. The highest BCUT2D eigenvalue weighted by atomic mass is 32.2. The second-order valence-corrected chi connectivity index (χ2v) is 9.92. The summed E-state index contributed by atoms with van der Waals surface area (Å²) in [6.45, 7) is 7.32. The third-order valence-corrected chi connectivity index (χ3v) is 7.38. The normalized spacial score (nSPS) is 14.2. The van der Waals surface area contributed by atoms with Gasteiger partial charge in [-0.05, 0) is 56.1 Å². The minimum Gasteiger partial charge on any atom is -0.366 e. The Morgan fingerprint density at radius 3 is 2.33 bits per heavy atom. The molecule has 0 radical (unpaired) electrons. The van der Waals surface area contributed by atoms with Crippen LogP contribution in [0.4, 0.5) is 21.5 Å². The molecule has 1 aliphatic rings. The van der Waals surface area contributed by atoms with Crippen molar-refractivity contribution >= 4 is 45.8 Å². The Balaban J connectivity index is 1.44. The molecule has 1 aliphatic heterocycles. The van der Waals surface area contributed by atoms with Crippen molar-refractivity contribution in [3.05, 3.63) is 89.8 Å². The number of aliphatic imine (C=N–C) groups is 1. The van der Waals surface area contributed by atoms with E-state index < -0.39 is 10.0 Å². The number of benzene rings is 3. The van der Waals surface area contributed by atoms with Gasteiger partial charge in [-0.25, -0.2) is 12.8 Å². The molecular weight excluding hydrogens is 479 g/mol. The fraction of sp³-hybridized carbons (Fsp3) is 0.185. The largest absolute Gasteiger partial charge is 0.366 e. The number of allylic oxidation sites excluding steroid dienone is 1. The second kappa shape index (κ2) is 10.7. The van der Waals surface area contributed by atoms with Crippen molar-refractivity contribution in [3.8, 4) is 0 Å². The first-order chi connectivity index (χ1) is 17.3. The van der Waals surface area contributed by atoms with Gasteiger partial charge in [0.05, 0.1) is 11.4 Å². The minimum absolute atomic E-state index is 0.0148. The van der Waals surface area contributed by atoms with Gasteiger partial charge >= 0.3 is 0 Å². The Labute approximate surface area is 210 Å². The van der Waals surface area contributed by atoms with E-state index >= 15 is 0 Å². The van der Waals surface area contributed by atoms with Gasteiger partial charge < -0.3 is 9.80 Å². The molecule has 1 amide bonds. The Morgan fingerprint density at radius 2 is 1.69 bits per heavy atom. The van der Waals surface area contributed by atoms with E-state index in [1.165, 1.54) is 12.1 Å². The molecule has 1 heterocycles. The Kier molecular flexibility index (Phi) is 7.49. The van der Waals surface area contributed by atoms with Gasteiger partial charge in [-0.15, -0.1) is 0 Å². The monoisotopic (exact) mass is 506 g/mol. The number of piperazine rings is 1. The number of sulfonamides is 1. The van der Waals surface area contributed by atoms with Crippen molar-refractivity contribution in [2.24, 2.45) is 4.99 Å². The number of amides is 1. The summed E-state index contributed by atoms with van der Waals surface area (Å²) in [5.41, 5.74) is 2.21. The number of carbonyl (C=O) groups is 1. The maximum absolute atomic E-state index is 14.1. The van der Waals surface area contributed by atoms with Crippen molar-refractivity contribution in [2.45, 2.75) is 11.8 Å². The zero-order chi connectivity index (χ0) is 25.7. The minimum atomic E-state index is -3.94. The average molecular weight is 507 g/mol. The van der Waals surface area contributed by atoms with Crippen LogP contribution in [0.2, 0.25) is 0 Å². The summed E-state index contributed by atoms with van der Waals surface area (Å²) in [6, 6.07) is 17.8. The van der Waals surface area contributed by atoms with Crippen LogP contribution in [0.15, 0.2) is 82.7 Å². The van der Waals surface area contributed by atoms with Crippen molar-refractivity contribution < 1.29 is 17.6 Å². The summed E-state index contributed by atoms with van der Waals surface area (Å²) in [7, 11) is -3.94. The smallest absolute Gasteiger partial charge is 0.264 e. The molecule has 9 heteroatoms. The molecule has 7 nitrogen and oxygen atoms in total. The number of hydrogen-bond donors (Lipinski definition) is 1. The number of carbonyl (C=O) groups excluding carboxylic acids is 1. The molecule has 0 unspecified atom stereocenters. The van der Waals surface area contributed by atoms with Gasteiger partial charge in [-0.3, -0.25) is 14.5 Å². The highest BCUT2D eigenvalue weighted by Gasteiger charge is 2.24. The predicted molar refractivity (Wildman–Crippen MR) is 142 cm³/mol. The maximum Gasteiger partial charge on any atom is 0.264 e.